The van der Waals surface area contributed by atoms with Gasteiger partial charge in [-0.1, -0.05) is 30.1 Å². The molecule has 0 radical (unpaired) electrons. The summed E-state index contributed by atoms with van der Waals surface area (Å²) in [4.78, 5) is 11.5. The molecule has 1 atom stereocenters. The van der Waals surface area contributed by atoms with Crippen LogP contribution >= 0.6 is 23.2 Å². The first-order valence-electron chi connectivity index (χ1n) is 5.19. The molecule has 0 aliphatic carbocycles. The summed E-state index contributed by atoms with van der Waals surface area (Å²) in [6.45, 7) is 1.78. The van der Waals surface area contributed by atoms with Gasteiger partial charge in [-0.25, -0.2) is 4.79 Å². The predicted molar refractivity (Wildman–Crippen MR) is 69.8 cm³/mol. The van der Waals surface area contributed by atoms with Crippen molar-refractivity contribution in [2.24, 2.45) is 0 Å². The second-order valence-corrected chi connectivity index (χ2v) is 4.42. The quantitative estimate of drug-likeness (QED) is 0.792. The number of hydrogen-bond donors (Lipinski definition) is 3. The topological polar surface area (TPSA) is 61.4 Å². The summed E-state index contributed by atoms with van der Waals surface area (Å²) in [6, 6.07) is 4.10. The zero-order chi connectivity index (χ0) is 12.8. The van der Waals surface area contributed by atoms with Crippen LogP contribution in [-0.4, -0.2) is 23.8 Å². The Morgan fingerprint density at radius 2 is 1.94 bits per heavy atom. The standard InChI is InChI=1S/C11H14Cl2N2O2/c1-2-9(6-16)14-11(17)15-10-4-7(12)3-8(13)5-10/h3-5,9,16H,2,6H2,1H3,(H2,14,15,17)/t9-/m0/s1. The van der Waals surface area contributed by atoms with Gasteiger partial charge in [-0.15, -0.1) is 0 Å². The lowest BCUT2D eigenvalue weighted by Gasteiger charge is -2.14. The van der Waals surface area contributed by atoms with Crippen molar-refractivity contribution in [3.63, 3.8) is 0 Å². The van der Waals surface area contributed by atoms with E-state index in [-0.39, 0.29) is 12.6 Å². The van der Waals surface area contributed by atoms with Gasteiger partial charge in [0.2, 0.25) is 0 Å². The Morgan fingerprint density at radius 1 is 1.35 bits per heavy atom. The molecule has 0 heterocycles. The lowest BCUT2D eigenvalue weighted by Crippen LogP contribution is -2.39. The van der Waals surface area contributed by atoms with Crippen LogP contribution in [0.15, 0.2) is 18.2 Å². The van der Waals surface area contributed by atoms with E-state index in [1.807, 2.05) is 6.92 Å². The highest BCUT2D eigenvalue weighted by molar-refractivity contribution is 6.35. The Kier molecular flexibility index (Phi) is 5.55. The number of aliphatic hydroxyl groups excluding tert-OH is 1. The van der Waals surface area contributed by atoms with Gasteiger partial charge in [0.25, 0.3) is 0 Å². The van der Waals surface area contributed by atoms with E-state index in [4.69, 9.17) is 28.3 Å². The molecule has 1 rings (SSSR count). The van der Waals surface area contributed by atoms with Gasteiger partial charge in [0, 0.05) is 15.7 Å². The molecule has 0 aliphatic heterocycles. The molecule has 0 aliphatic rings. The van der Waals surface area contributed by atoms with Crippen molar-refractivity contribution >= 4 is 34.9 Å². The number of hydrogen-bond acceptors (Lipinski definition) is 2. The number of benzene rings is 1. The molecule has 0 fully saturated rings. The highest BCUT2D eigenvalue weighted by atomic mass is 35.5. The van der Waals surface area contributed by atoms with Crippen LogP contribution in [0.5, 0.6) is 0 Å². The fraction of sp³-hybridized carbons (Fsp3) is 0.364. The molecule has 0 aromatic heterocycles. The average Bonchev–Trinajstić information content (AvgIpc) is 2.24. The third kappa shape index (κ3) is 4.81. The summed E-state index contributed by atoms with van der Waals surface area (Å²) in [5.74, 6) is 0. The first kappa shape index (κ1) is 14.1. The number of carbonyl (C=O) groups is 1. The van der Waals surface area contributed by atoms with Crippen LogP contribution in [0.25, 0.3) is 0 Å². The van der Waals surface area contributed by atoms with Crippen LogP contribution in [0.1, 0.15) is 13.3 Å². The number of nitrogens with one attached hydrogen (secondary N) is 2. The maximum atomic E-state index is 11.5. The number of anilines is 1. The molecule has 3 N–H and O–H groups in total. The van der Waals surface area contributed by atoms with Crippen molar-refractivity contribution < 1.29 is 9.90 Å². The Labute approximate surface area is 110 Å². The molecule has 4 nitrogen and oxygen atoms in total. The van der Waals surface area contributed by atoms with Gasteiger partial charge in [-0.3, -0.25) is 0 Å². The van der Waals surface area contributed by atoms with Crippen LogP contribution in [0.4, 0.5) is 10.5 Å². The third-order valence-corrected chi connectivity index (χ3v) is 2.61. The summed E-state index contributed by atoms with van der Waals surface area (Å²) < 4.78 is 0. The molecule has 94 valence electrons. The largest absolute Gasteiger partial charge is 0.394 e. The van der Waals surface area contributed by atoms with E-state index in [2.05, 4.69) is 10.6 Å². The molecule has 2 amide bonds. The van der Waals surface area contributed by atoms with Crippen LogP contribution in [-0.2, 0) is 0 Å². The van der Waals surface area contributed by atoms with E-state index in [1.165, 1.54) is 0 Å². The molecular weight excluding hydrogens is 263 g/mol. The van der Waals surface area contributed by atoms with Gasteiger partial charge in [0.15, 0.2) is 0 Å². The normalized spacial score (nSPS) is 12.0. The molecule has 1 aromatic rings. The van der Waals surface area contributed by atoms with Gasteiger partial charge in [0.1, 0.15) is 0 Å². The minimum Gasteiger partial charge on any atom is -0.394 e. The number of amides is 2. The predicted octanol–water partition coefficient (Wildman–Crippen LogP) is 2.89. The first-order chi connectivity index (χ1) is 8.05. The molecule has 6 heteroatoms. The average molecular weight is 277 g/mol. The number of halogens is 2. The van der Waals surface area contributed by atoms with Crippen LogP contribution in [0.3, 0.4) is 0 Å². The van der Waals surface area contributed by atoms with E-state index in [0.29, 0.717) is 22.2 Å². The summed E-state index contributed by atoms with van der Waals surface area (Å²) in [7, 11) is 0. The molecule has 17 heavy (non-hydrogen) atoms. The summed E-state index contributed by atoms with van der Waals surface area (Å²) >= 11 is 11.6. The maximum absolute atomic E-state index is 11.5. The summed E-state index contributed by atoms with van der Waals surface area (Å²) in [6.07, 6.45) is 0.653. The van der Waals surface area contributed by atoms with Gasteiger partial charge < -0.3 is 15.7 Å². The van der Waals surface area contributed by atoms with Gasteiger partial charge >= 0.3 is 6.03 Å². The van der Waals surface area contributed by atoms with Crippen molar-refractivity contribution in [1.82, 2.24) is 5.32 Å². The van der Waals surface area contributed by atoms with Crippen molar-refractivity contribution in [1.29, 1.82) is 0 Å². The fourth-order valence-electron chi connectivity index (χ4n) is 1.26. The SMILES string of the molecule is CC[C@@H](CO)NC(=O)Nc1cc(Cl)cc(Cl)c1. The second-order valence-electron chi connectivity index (χ2n) is 3.54. The molecule has 0 spiro atoms. The molecule has 0 saturated carbocycles. The number of carbonyl (C=O) groups excluding carboxylic acids is 1. The number of aliphatic hydroxyl groups is 1. The highest BCUT2D eigenvalue weighted by Crippen LogP contribution is 2.22. The Balaban J connectivity index is 2.61. The Bertz CT molecular complexity index is 375. The van der Waals surface area contributed by atoms with Crippen LogP contribution < -0.4 is 10.6 Å². The van der Waals surface area contributed by atoms with E-state index in [1.54, 1.807) is 18.2 Å². The number of rotatable bonds is 4. The monoisotopic (exact) mass is 276 g/mol. The second kappa shape index (κ2) is 6.69. The van der Waals surface area contributed by atoms with Crippen molar-refractivity contribution in [3.05, 3.63) is 28.2 Å². The van der Waals surface area contributed by atoms with E-state index in [9.17, 15) is 4.79 Å². The lowest BCUT2D eigenvalue weighted by atomic mass is 10.2. The van der Waals surface area contributed by atoms with Gasteiger partial charge in [-0.2, -0.15) is 0 Å². The fourth-order valence-corrected chi connectivity index (χ4v) is 1.78. The van der Waals surface area contributed by atoms with Crippen LogP contribution in [0.2, 0.25) is 10.0 Å². The van der Waals surface area contributed by atoms with E-state index in [0.717, 1.165) is 0 Å². The van der Waals surface area contributed by atoms with Crippen LogP contribution in [0, 0.1) is 0 Å². The zero-order valence-electron chi connectivity index (χ0n) is 9.34. The minimum absolute atomic E-state index is 0.0970. The first-order valence-corrected chi connectivity index (χ1v) is 5.95. The van der Waals surface area contributed by atoms with E-state index >= 15 is 0 Å². The molecule has 0 bridgehead atoms. The highest BCUT2D eigenvalue weighted by Gasteiger charge is 2.09. The van der Waals surface area contributed by atoms with Crippen molar-refractivity contribution in [2.75, 3.05) is 11.9 Å². The molecule has 0 saturated heterocycles. The van der Waals surface area contributed by atoms with E-state index < -0.39 is 6.03 Å². The zero-order valence-corrected chi connectivity index (χ0v) is 10.8. The maximum Gasteiger partial charge on any atom is 0.319 e. The summed E-state index contributed by atoms with van der Waals surface area (Å²) in [5, 5.41) is 15.0. The summed E-state index contributed by atoms with van der Waals surface area (Å²) in [5.41, 5.74) is 0.507. The third-order valence-electron chi connectivity index (χ3n) is 2.17. The number of urea groups is 1. The molecular formula is C11H14Cl2N2O2. The van der Waals surface area contributed by atoms with Gasteiger partial charge in [0.05, 0.1) is 12.6 Å². The Morgan fingerprint density at radius 3 is 2.41 bits per heavy atom. The van der Waals surface area contributed by atoms with Gasteiger partial charge in [-0.05, 0) is 24.6 Å². The van der Waals surface area contributed by atoms with Crippen molar-refractivity contribution in [2.45, 2.75) is 19.4 Å². The van der Waals surface area contributed by atoms with Crippen molar-refractivity contribution in [3.8, 4) is 0 Å². The smallest absolute Gasteiger partial charge is 0.319 e. The minimum atomic E-state index is -0.399. The molecule has 0 unspecified atom stereocenters. The molecule has 1 aromatic carbocycles. The lowest BCUT2D eigenvalue weighted by molar-refractivity contribution is 0.222. The Hall–Kier alpha value is -0.970.